The molecular formula is C12H17ClN2O3S. The van der Waals surface area contributed by atoms with Crippen LogP contribution in [0.4, 0.5) is 5.69 Å². The van der Waals surface area contributed by atoms with Gasteiger partial charge in [-0.25, -0.2) is 13.1 Å². The zero-order valence-corrected chi connectivity index (χ0v) is 12.0. The van der Waals surface area contributed by atoms with Crippen molar-refractivity contribution in [2.24, 2.45) is 0 Å². The number of aliphatic hydroxyl groups is 1. The van der Waals surface area contributed by atoms with E-state index >= 15 is 0 Å². The molecule has 1 aliphatic rings. The van der Waals surface area contributed by atoms with Crippen LogP contribution in [0.25, 0.3) is 0 Å². The van der Waals surface area contributed by atoms with Crippen LogP contribution in [0.15, 0.2) is 23.1 Å². The average Bonchev–Trinajstić information content (AvgIpc) is 2.77. The summed E-state index contributed by atoms with van der Waals surface area (Å²) in [5.74, 6) is 0. The molecule has 0 saturated heterocycles. The van der Waals surface area contributed by atoms with Crippen LogP contribution in [-0.4, -0.2) is 25.7 Å². The Labute approximate surface area is 117 Å². The van der Waals surface area contributed by atoms with E-state index in [1.54, 1.807) is 6.07 Å². The number of halogens is 1. The molecule has 7 heteroatoms. The van der Waals surface area contributed by atoms with Gasteiger partial charge in [0.25, 0.3) is 0 Å². The number of hydrogen-bond acceptors (Lipinski definition) is 4. The summed E-state index contributed by atoms with van der Waals surface area (Å²) >= 11 is 5.93. The van der Waals surface area contributed by atoms with Gasteiger partial charge in [-0.15, -0.1) is 0 Å². The van der Waals surface area contributed by atoms with E-state index < -0.39 is 15.6 Å². The van der Waals surface area contributed by atoms with Gasteiger partial charge < -0.3 is 10.8 Å². The Bertz CT molecular complexity index is 548. The summed E-state index contributed by atoms with van der Waals surface area (Å²) in [5, 5.41) is 9.56. The van der Waals surface area contributed by atoms with Gasteiger partial charge in [0.15, 0.2) is 0 Å². The highest BCUT2D eigenvalue weighted by Gasteiger charge is 2.38. The van der Waals surface area contributed by atoms with Gasteiger partial charge in [0.2, 0.25) is 10.0 Å². The number of benzene rings is 1. The van der Waals surface area contributed by atoms with Gasteiger partial charge in [-0.3, -0.25) is 0 Å². The Balaban J connectivity index is 2.38. The SMILES string of the molecule is Nc1cccc(Cl)c1S(=O)(=O)NC1(CO)CCCC1. The molecule has 0 spiro atoms. The molecule has 1 aliphatic carbocycles. The summed E-state index contributed by atoms with van der Waals surface area (Å²) in [7, 11) is -3.84. The number of nitrogens with one attached hydrogen (secondary N) is 1. The largest absolute Gasteiger partial charge is 0.398 e. The third-order valence-corrected chi connectivity index (χ3v) is 5.60. The number of sulfonamides is 1. The monoisotopic (exact) mass is 304 g/mol. The number of nitrogen functional groups attached to an aromatic ring is 1. The Morgan fingerprint density at radius 3 is 2.53 bits per heavy atom. The predicted molar refractivity (Wildman–Crippen MR) is 74.5 cm³/mol. The Morgan fingerprint density at radius 1 is 1.37 bits per heavy atom. The van der Waals surface area contributed by atoms with Crippen LogP contribution < -0.4 is 10.5 Å². The van der Waals surface area contributed by atoms with Gasteiger partial charge in [0.05, 0.1) is 22.9 Å². The molecule has 106 valence electrons. The van der Waals surface area contributed by atoms with Crippen LogP contribution in [0, 0.1) is 0 Å². The highest BCUT2D eigenvalue weighted by molar-refractivity contribution is 7.89. The molecule has 1 aromatic carbocycles. The maximum atomic E-state index is 12.4. The van der Waals surface area contributed by atoms with Crippen molar-refractivity contribution in [1.29, 1.82) is 0 Å². The summed E-state index contributed by atoms with van der Waals surface area (Å²) in [4.78, 5) is -0.114. The zero-order chi connectivity index (χ0) is 14.1. The van der Waals surface area contributed by atoms with Gasteiger partial charge in [0.1, 0.15) is 4.90 Å². The fourth-order valence-electron chi connectivity index (χ4n) is 2.49. The zero-order valence-electron chi connectivity index (χ0n) is 10.4. The van der Waals surface area contributed by atoms with Crippen molar-refractivity contribution in [3.05, 3.63) is 23.2 Å². The second kappa shape index (κ2) is 5.28. The molecule has 5 nitrogen and oxygen atoms in total. The second-order valence-corrected chi connectivity index (χ2v) is 6.94. The van der Waals surface area contributed by atoms with Crippen molar-refractivity contribution >= 4 is 27.3 Å². The Kier molecular flexibility index (Phi) is 4.06. The molecule has 0 bridgehead atoms. The fourth-order valence-corrected chi connectivity index (χ4v) is 4.62. The molecule has 1 saturated carbocycles. The predicted octanol–water partition coefficient (Wildman–Crippen LogP) is 1.51. The van der Waals surface area contributed by atoms with E-state index in [0.717, 1.165) is 12.8 Å². The van der Waals surface area contributed by atoms with E-state index in [9.17, 15) is 13.5 Å². The van der Waals surface area contributed by atoms with E-state index in [1.807, 2.05) is 0 Å². The summed E-state index contributed by atoms with van der Waals surface area (Å²) in [6.45, 7) is -0.226. The van der Waals surface area contributed by atoms with Crippen LogP contribution in [0.1, 0.15) is 25.7 Å². The van der Waals surface area contributed by atoms with Gasteiger partial charge in [-0.2, -0.15) is 0 Å². The van der Waals surface area contributed by atoms with Crippen molar-refractivity contribution in [3.63, 3.8) is 0 Å². The number of anilines is 1. The first-order chi connectivity index (χ1) is 8.90. The number of nitrogens with two attached hydrogens (primary N) is 1. The molecule has 0 unspecified atom stereocenters. The molecule has 19 heavy (non-hydrogen) atoms. The second-order valence-electron chi connectivity index (χ2n) is 4.91. The quantitative estimate of drug-likeness (QED) is 0.735. The van der Waals surface area contributed by atoms with Crippen molar-refractivity contribution in [2.45, 2.75) is 36.1 Å². The summed E-state index contributed by atoms with van der Waals surface area (Å²) in [6.07, 6.45) is 3.02. The number of rotatable bonds is 4. The molecule has 0 heterocycles. The minimum atomic E-state index is -3.84. The molecule has 0 radical (unpaired) electrons. The van der Waals surface area contributed by atoms with E-state index in [4.69, 9.17) is 17.3 Å². The normalized spacial score (nSPS) is 18.6. The van der Waals surface area contributed by atoms with Crippen molar-refractivity contribution < 1.29 is 13.5 Å². The van der Waals surface area contributed by atoms with Gasteiger partial charge in [-0.05, 0) is 25.0 Å². The Morgan fingerprint density at radius 2 is 2.00 bits per heavy atom. The van der Waals surface area contributed by atoms with Crippen LogP contribution >= 0.6 is 11.6 Å². The smallest absolute Gasteiger partial charge is 0.244 e. The van der Waals surface area contributed by atoms with Crippen LogP contribution in [0.3, 0.4) is 0 Å². The molecule has 2 rings (SSSR count). The lowest BCUT2D eigenvalue weighted by Crippen LogP contribution is -2.49. The van der Waals surface area contributed by atoms with E-state index in [0.29, 0.717) is 12.8 Å². The highest BCUT2D eigenvalue weighted by atomic mass is 35.5. The van der Waals surface area contributed by atoms with Gasteiger partial charge >= 0.3 is 0 Å². The molecule has 4 N–H and O–H groups in total. The third kappa shape index (κ3) is 2.86. The van der Waals surface area contributed by atoms with Crippen molar-refractivity contribution in [3.8, 4) is 0 Å². The number of hydrogen-bond donors (Lipinski definition) is 3. The molecule has 1 aromatic rings. The molecule has 0 amide bonds. The van der Waals surface area contributed by atoms with Crippen molar-refractivity contribution in [2.75, 3.05) is 12.3 Å². The highest BCUT2D eigenvalue weighted by Crippen LogP contribution is 2.33. The van der Waals surface area contributed by atoms with Crippen LogP contribution in [0.2, 0.25) is 5.02 Å². The van der Waals surface area contributed by atoms with Crippen LogP contribution in [0.5, 0.6) is 0 Å². The molecule has 0 atom stereocenters. The summed E-state index contributed by atoms with van der Waals surface area (Å²) < 4.78 is 27.4. The van der Waals surface area contributed by atoms with Crippen molar-refractivity contribution in [1.82, 2.24) is 4.72 Å². The first kappa shape index (κ1) is 14.6. The topological polar surface area (TPSA) is 92.4 Å². The lowest BCUT2D eigenvalue weighted by molar-refractivity contribution is 0.185. The molecule has 1 fully saturated rings. The minimum Gasteiger partial charge on any atom is -0.398 e. The molecule has 0 aromatic heterocycles. The van der Waals surface area contributed by atoms with E-state index in [1.165, 1.54) is 12.1 Å². The summed E-state index contributed by atoms with van der Waals surface area (Å²) in [5.41, 5.74) is 5.02. The summed E-state index contributed by atoms with van der Waals surface area (Å²) in [6, 6.07) is 4.56. The van der Waals surface area contributed by atoms with E-state index in [2.05, 4.69) is 4.72 Å². The maximum Gasteiger partial charge on any atom is 0.244 e. The molecule has 0 aliphatic heterocycles. The first-order valence-corrected chi connectivity index (χ1v) is 7.95. The third-order valence-electron chi connectivity index (χ3n) is 3.48. The lowest BCUT2D eigenvalue weighted by Gasteiger charge is -2.28. The van der Waals surface area contributed by atoms with Crippen LogP contribution in [-0.2, 0) is 10.0 Å². The first-order valence-electron chi connectivity index (χ1n) is 6.09. The minimum absolute atomic E-state index is 0.0820. The lowest BCUT2D eigenvalue weighted by atomic mass is 10.0. The average molecular weight is 305 g/mol. The standard InChI is InChI=1S/C12H17ClN2O3S/c13-9-4-3-5-10(14)11(9)19(17,18)15-12(8-16)6-1-2-7-12/h3-5,15-16H,1-2,6-8,14H2. The van der Waals surface area contributed by atoms with Gasteiger partial charge in [0, 0.05) is 0 Å². The van der Waals surface area contributed by atoms with Gasteiger partial charge in [-0.1, -0.05) is 30.5 Å². The Hall–Kier alpha value is -0.820. The maximum absolute atomic E-state index is 12.4. The van der Waals surface area contributed by atoms with E-state index in [-0.39, 0.29) is 22.2 Å². The number of aliphatic hydroxyl groups excluding tert-OH is 1. The fraction of sp³-hybridized carbons (Fsp3) is 0.500. The molecular weight excluding hydrogens is 288 g/mol.